The van der Waals surface area contributed by atoms with Gasteiger partial charge in [0.15, 0.2) is 5.78 Å². The topological polar surface area (TPSA) is 64.6 Å². The van der Waals surface area contributed by atoms with E-state index < -0.39 is 0 Å². The summed E-state index contributed by atoms with van der Waals surface area (Å²) in [6, 6.07) is 0. The summed E-state index contributed by atoms with van der Waals surface area (Å²) >= 11 is 0. The lowest BCUT2D eigenvalue weighted by molar-refractivity contribution is -0.117. The largest absolute Gasteiger partial charge is 0.378 e. The zero-order chi connectivity index (χ0) is 17.7. The van der Waals surface area contributed by atoms with Crippen molar-refractivity contribution in [2.75, 3.05) is 26.4 Å². The second-order valence-electron chi connectivity index (χ2n) is 6.05. The Morgan fingerprint density at radius 1 is 1.04 bits per heavy atom. The van der Waals surface area contributed by atoms with Gasteiger partial charge in [-0.1, -0.05) is 27.0 Å². The molecule has 5 heteroatoms. The van der Waals surface area contributed by atoms with Crippen LogP contribution in [0.15, 0.2) is 25.3 Å². The molecule has 3 atom stereocenters. The van der Waals surface area contributed by atoms with Gasteiger partial charge in [-0.05, 0) is 37.3 Å². The number of allylic oxidation sites excluding steroid dienone is 1. The molecule has 0 rings (SSSR count). The molecule has 0 aliphatic rings. The quantitative estimate of drug-likeness (QED) is 0.498. The normalized spacial score (nSPS) is 14.6. The van der Waals surface area contributed by atoms with Gasteiger partial charge in [0.05, 0.1) is 19.3 Å². The van der Waals surface area contributed by atoms with Crippen molar-refractivity contribution in [2.24, 2.45) is 11.8 Å². The molecule has 0 fully saturated rings. The molecule has 0 aromatic rings. The maximum Gasteiger partial charge on any atom is 0.243 e. The standard InChI is InChI=1S/C18H31NO4/c1-6-17(20)9-8-14(3)12-23-16(5)13-22-11-15(4)10-19-18(21)7-2/h6-7,14-16H,1-2,8-13H2,3-5H3,(H,19,21). The van der Waals surface area contributed by atoms with E-state index in [0.29, 0.717) is 38.7 Å². The summed E-state index contributed by atoms with van der Waals surface area (Å²) in [5.41, 5.74) is 0. The highest BCUT2D eigenvalue weighted by Gasteiger charge is 2.10. The minimum atomic E-state index is -0.169. The summed E-state index contributed by atoms with van der Waals surface area (Å²) in [5, 5.41) is 2.74. The van der Waals surface area contributed by atoms with Crippen LogP contribution in [0, 0.1) is 11.8 Å². The molecule has 0 aromatic carbocycles. The van der Waals surface area contributed by atoms with Crippen molar-refractivity contribution < 1.29 is 19.1 Å². The second kappa shape index (κ2) is 13.0. The van der Waals surface area contributed by atoms with E-state index in [4.69, 9.17) is 9.47 Å². The van der Waals surface area contributed by atoms with Gasteiger partial charge in [0, 0.05) is 19.6 Å². The van der Waals surface area contributed by atoms with Gasteiger partial charge in [-0.15, -0.1) is 0 Å². The van der Waals surface area contributed by atoms with Crippen molar-refractivity contribution in [2.45, 2.75) is 39.7 Å². The van der Waals surface area contributed by atoms with Gasteiger partial charge >= 0.3 is 0 Å². The van der Waals surface area contributed by atoms with Crippen LogP contribution in [0.4, 0.5) is 0 Å². The molecule has 0 aliphatic heterocycles. The van der Waals surface area contributed by atoms with E-state index in [-0.39, 0.29) is 23.7 Å². The number of carbonyl (C=O) groups is 2. The zero-order valence-corrected chi connectivity index (χ0v) is 14.7. The SMILES string of the molecule is C=CC(=O)CCC(C)COC(C)COCC(C)CNC(=O)C=C. The number of ether oxygens (including phenoxy) is 2. The van der Waals surface area contributed by atoms with Gasteiger partial charge in [-0.25, -0.2) is 0 Å². The molecule has 0 heterocycles. The van der Waals surface area contributed by atoms with Gasteiger partial charge in [0.25, 0.3) is 0 Å². The predicted octanol–water partition coefficient (Wildman–Crippen LogP) is 2.52. The first-order valence-electron chi connectivity index (χ1n) is 8.13. The minimum absolute atomic E-state index is 0.00234. The van der Waals surface area contributed by atoms with Crippen molar-refractivity contribution in [3.8, 4) is 0 Å². The third-order valence-corrected chi connectivity index (χ3v) is 3.34. The van der Waals surface area contributed by atoms with E-state index >= 15 is 0 Å². The average Bonchev–Trinajstić information content (AvgIpc) is 2.55. The molecule has 23 heavy (non-hydrogen) atoms. The van der Waals surface area contributed by atoms with E-state index in [1.165, 1.54) is 12.2 Å². The molecule has 0 saturated carbocycles. The second-order valence-corrected chi connectivity index (χ2v) is 6.05. The highest BCUT2D eigenvalue weighted by atomic mass is 16.5. The molecule has 0 aliphatic carbocycles. The van der Waals surface area contributed by atoms with E-state index in [2.05, 4.69) is 25.4 Å². The van der Waals surface area contributed by atoms with Crippen molar-refractivity contribution in [3.63, 3.8) is 0 Å². The summed E-state index contributed by atoms with van der Waals surface area (Å²) < 4.78 is 11.3. The first kappa shape index (κ1) is 21.5. The lowest BCUT2D eigenvalue weighted by atomic mass is 10.0. The predicted molar refractivity (Wildman–Crippen MR) is 92.2 cm³/mol. The molecule has 0 saturated heterocycles. The van der Waals surface area contributed by atoms with Crippen LogP contribution in [0.2, 0.25) is 0 Å². The van der Waals surface area contributed by atoms with Gasteiger partial charge in [0.2, 0.25) is 5.91 Å². The average molecular weight is 325 g/mol. The molecule has 0 bridgehead atoms. The fourth-order valence-corrected chi connectivity index (χ4v) is 1.79. The van der Waals surface area contributed by atoms with Gasteiger partial charge < -0.3 is 14.8 Å². The van der Waals surface area contributed by atoms with E-state index in [1.807, 2.05) is 13.8 Å². The van der Waals surface area contributed by atoms with Crippen LogP contribution in [0.5, 0.6) is 0 Å². The molecule has 1 N–H and O–H groups in total. The van der Waals surface area contributed by atoms with Crippen molar-refractivity contribution in [3.05, 3.63) is 25.3 Å². The lowest BCUT2D eigenvalue weighted by Gasteiger charge is -2.18. The highest BCUT2D eigenvalue weighted by molar-refractivity contribution is 5.88. The molecular weight excluding hydrogens is 294 g/mol. The molecule has 0 aromatic heterocycles. The Bertz CT molecular complexity index is 381. The summed E-state index contributed by atoms with van der Waals surface area (Å²) in [7, 11) is 0. The van der Waals surface area contributed by atoms with E-state index in [1.54, 1.807) is 0 Å². The number of hydrogen-bond acceptors (Lipinski definition) is 4. The number of nitrogens with one attached hydrogen (secondary N) is 1. The van der Waals surface area contributed by atoms with Crippen molar-refractivity contribution >= 4 is 11.7 Å². The Balaban J connectivity index is 3.68. The Labute approximate surface area is 140 Å². The Morgan fingerprint density at radius 3 is 2.35 bits per heavy atom. The Morgan fingerprint density at radius 2 is 1.74 bits per heavy atom. The minimum Gasteiger partial charge on any atom is -0.378 e. The fraction of sp³-hybridized carbons (Fsp3) is 0.667. The van der Waals surface area contributed by atoms with Crippen LogP contribution in [0.25, 0.3) is 0 Å². The third-order valence-electron chi connectivity index (χ3n) is 3.34. The summed E-state index contributed by atoms with van der Waals surface area (Å²) in [5.74, 6) is 0.465. The van der Waals surface area contributed by atoms with Crippen LogP contribution in [-0.2, 0) is 19.1 Å². The van der Waals surface area contributed by atoms with Crippen LogP contribution in [0.1, 0.15) is 33.6 Å². The van der Waals surface area contributed by atoms with Crippen LogP contribution >= 0.6 is 0 Å². The van der Waals surface area contributed by atoms with E-state index in [9.17, 15) is 9.59 Å². The maximum atomic E-state index is 11.2. The number of hydrogen-bond donors (Lipinski definition) is 1. The molecule has 0 spiro atoms. The molecule has 3 unspecified atom stereocenters. The summed E-state index contributed by atoms with van der Waals surface area (Å²) in [6.45, 7) is 15.2. The first-order valence-corrected chi connectivity index (χ1v) is 8.13. The molecule has 0 radical (unpaired) electrons. The summed E-state index contributed by atoms with van der Waals surface area (Å²) in [4.78, 5) is 22.2. The molecular formula is C18H31NO4. The lowest BCUT2D eigenvalue weighted by Crippen LogP contribution is -2.29. The van der Waals surface area contributed by atoms with Gasteiger partial charge in [0.1, 0.15) is 0 Å². The highest BCUT2D eigenvalue weighted by Crippen LogP contribution is 2.08. The number of rotatable bonds is 14. The van der Waals surface area contributed by atoms with Gasteiger partial charge in [-0.2, -0.15) is 0 Å². The van der Waals surface area contributed by atoms with Crippen LogP contribution < -0.4 is 5.32 Å². The van der Waals surface area contributed by atoms with Gasteiger partial charge in [-0.3, -0.25) is 9.59 Å². The van der Waals surface area contributed by atoms with Crippen LogP contribution in [-0.4, -0.2) is 44.2 Å². The Kier molecular flexibility index (Phi) is 12.2. The van der Waals surface area contributed by atoms with Crippen molar-refractivity contribution in [1.29, 1.82) is 0 Å². The number of amides is 1. The molecule has 5 nitrogen and oxygen atoms in total. The summed E-state index contributed by atoms with van der Waals surface area (Å²) in [6.07, 6.45) is 3.95. The monoisotopic (exact) mass is 325 g/mol. The number of carbonyl (C=O) groups excluding carboxylic acids is 2. The Hall–Kier alpha value is -1.46. The fourth-order valence-electron chi connectivity index (χ4n) is 1.79. The third kappa shape index (κ3) is 12.7. The smallest absolute Gasteiger partial charge is 0.243 e. The molecule has 1 amide bonds. The number of ketones is 1. The molecule has 132 valence electrons. The van der Waals surface area contributed by atoms with E-state index in [0.717, 1.165) is 6.42 Å². The zero-order valence-electron chi connectivity index (χ0n) is 14.7. The van der Waals surface area contributed by atoms with Crippen molar-refractivity contribution in [1.82, 2.24) is 5.32 Å². The van der Waals surface area contributed by atoms with Crippen LogP contribution in [0.3, 0.4) is 0 Å². The first-order chi connectivity index (χ1) is 10.9. The maximum absolute atomic E-state index is 11.2.